The number of hydrogen-bond acceptors (Lipinski definition) is 4. The molecule has 1 aliphatic heterocycles. The van der Waals surface area contributed by atoms with Crippen LogP contribution in [-0.2, 0) is 7.05 Å². The summed E-state index contributed by atoms with van der Waals surface area (Å²) in [7, 11) is 1.98. The molecule has 1 saturated heterocycles. The fourth-order valence-electron chi connectivity index (χ4n) is 3.18. The van der Waals surface area contributed by atoms with Crippen molar-refractivity contribution in [2.45, 2.75) is 32.7 Å². The zero-order valence-electron chi connectivity index (χ0n) is 13.8. The van der Waals surface area contributed by atoms with Crippen molar-refractivity contribution < 1.29 is 9.53 Å². The van der Waals surface area contributed by atoms with E-state index in [2.05, 4.69) is 9.97 Å². The van der Waals surface area contributed by atoms with E-state index < -0.39 is 0 Å². The fourth-order valence-corrected chi connectivity index (χ4v) is 3.18. The van der Waals surface area contributed by atoms with Gasteiger partial charge in [0.25, 0.3) is 5.91 Å². The molecule has 6 heteroatoms. The number of carbonyl (C=O) groups excluding carboxylic acids is 1. The second kappa shape index (κ2) is 6.40. The highest BCUT2D eigenvalue weighted by Crippen LogP contribution is 2.33. The molecule has 122 valence electrons. The molecule has 1 unspecified atom stereocenters. The molecule has 1 amide bonds. The molecule has 0 aliphatic carbocycles. The van der Waals surface area contributed by atoms with Gasteiger partial charge in [0.05, 0.1) is 18.3 Å². The highest BCUT2D eigenvalue weighted by molar-refractivity contribution is 5.96. The van der Waals surface area contributed by atoms with E-state index in [1.165, 1.54) is 0 Å². The molecule has 0 aromatic carbocycles. The first-order chi connectivity index (χ1) is 11.1. The van der Waals surface area contributed by atoms with Gasteiger partial charge in [-0.15, -0.1) is 0 Å². The van der Waals surface area contributed by atoms with Crippen LogP contribution in [0.5, 0.6) is 5.88 Å². The van der Waals surface area contributed by atoms with Crippen molar-refractivity contribution >= 4 is 5.91 Å². The number of likely N-dealkylation sites (tertiary alicyclic amines) is 1. The maximum atomic E-state index is 13.0. The van der Waals surface area contributed by atoms with Crippen molar-refractivity contribution in [3.05, 3.63) is 41.6 Å². The zero-order chi connectivity index (χ0) is 16.4. The first kappa shape index (κ1) is 15.5. The van der Waals surface area contributed by atoms with Crippen LogP contribution >= 0.6 is 0 Å². The Balaban J connectivity index is 1.91. The van der Waals surface area contributed by atoms with E-state index in [1.54, 1.807) is 18.3 Å². The van der Waals surface area contributed by atoms with Crippen LogP contribution < -0.4 is 4.74 Å². The summed E-state index contributed by atoms with van der Waals surface area (Å²) in [4.78, 5) is 23.7. The third kappa shape index (κ3) is 2.93. The summed E-state index contributed by atoms with van der Waals surface area (Å²) in [6.07, 6.45) is 5.55. The van der Waals surface area contributed by atoms with Gasteiger partial charge < -0.3 is 14.2 Å². The highest BCUT2D eigenvalue weighted by Gasteiger charge is 2.34. The van der Waals surface area contributed by atoms with E-state index in [1.807, 2.05) is 36.6 Å². The Morgan fingerprint density at radius 3 is 3.00 bits per heavy atom. The highest BCUT2D eigenvalue weighted by atomic mass is 16.5. The van der Waals surface area contributed by atoms with Crippen LogP contribution in [0.25, 0.3) is 0 Å². The summed E-state index contributed by atoms with van der Waals surface area (Å²) in [5.41, 5.74) is 1.49. The standard InChI is InChI=1S/C17H22N4O2/c1-4-23-16-13(7-5-9-18-16)17(22)21-10-6-8-14(21)15-19-12(2)11-20(15)3/h5,7,9,11,14H,4,6,8,10H2,1-3H3. The summed E-state index contributed by atoms with van der Waals surface area (Å²) in [5.74, 6) is 1.31. The normalized spacial score (nSPS) is 17.5. The molecule has 0 saturated carbocycles. The molecule has 2 aromatic heterocycles. The molecule has 1 atom stereocenters. The van der Waals surface area contributed by atoms with Gasteiger partial charge in [0.2, 0.25) is 5.88 Å². The molecule has 0 spiro atoms. The predicted molar refractivity (Wildman–Crippen MR) is 86.4 cm³/mol. The lowest BCUT2D eigenvalue weighted by Gasteiger charge is -2.25. The van der Waals surface area contributed by atoms with Gasteiger partial charge in [0, 0.05) is 26.0 Å². The smallest absolute Gasteiger partial charge is 0.259 e. The van der Waals surface area contributed by atoms with Crippen molar-refractivity contribution in [1.82, 2.24) is 19.4 Å². The van der Waals surface area contributed by atoms with Gasteiger partial charge in [0.1, 0.15) is 11.4 Å². The molecular formula is C17H22N4O2. The van der Waals surface area contributed by atoms with Crippen LogP contribution in [0.4, 0.5) is 0 Å². The minimum Gasteiger partial charge on any atom is -0.477 e. The Hall–Kier alpha value is -2.37. The number of pyridine rings is 1. The third-order valence-electron chi connectivity index (χ3n) is 4.13. The van der Waals surface area contributed by atoms with Crippen LogP contribution in [0.3, 0.4) is 0 Å². The number of ether oxygens (including phenoxy) is 1. The number of hydrogen-bond donors (Lipinski definition) is 0. The van der Waals surface area contributed by atoms with Crippen LogP contribution in [-0.4, -0.2) is 38.5 Å². The average molecular weight is 314 g/mol. The number of carbonyl (C=O) groups is 1. The van der Waals surface area contributed by atoms with Gasteiger partial charge in [-0.1, -0.05) is 0 Å². The maximum absolute atomic E-state index is 13.0. The van der Waals surface area contributed by atoms with Crippen molar-refractivity contribution in [1.29, 1.82) is 0 Å². The Morgan fingerprint density at radius 2 is 2.30 bits per heavy atom. The first-order valence-corrected chi connectivity index (χ1v) is 8.00. The van der Waals surface area contributed by atoms with Crippen molar-refractivity contribution in [2.24, 2.45) is 7.05 Å². The Kier molecular flexibility index (Phi) is 4.32. The van der Waals surface area contributed by atoms with Crippen LogP contribution in [0, 0.1) is 6.92 Å². The molecule has 1 aliphatic rings. The van der Waals surface area contributed by atoms with Crippen molar-refractivity contribution in [3.63, 3.8) is 0 Å². The number of rotatable bonds is 4. The van der Waals surface area contributed by atoms with Gasteiger partial charge in [0.15, 0.2) is 0 Å². The van der Waals surface area contributed by atoms with Crippen LogP contribution in [0.15, 0.2) is 24.5 Å². The van der Waals surface area contributed by atoms with Crippen LogP contribution in [0.1, 0.15) is 47.7 Å². The molecule has 6 nitrogen and oxygen atoms in total. The Morgan fingerprint density at radius 1 is 1.48 bits per heavy atom. The van der Waals surface area contributed by atoms with Gasteiger partial charge >= 0.3 is 0 Å². The summed E-state index contributed by atoms with van der Waals surface area (Å²) in [6.45, 7) is 5.08. The summed E-state index contributed by atoms with van der Waals surface area (Å²) in [6, 6.07) is 3.56. The third-order valence-corrected chi connectivity index (χ3v) is 4.13. The molecule has 23 heavy (non-hydrogen) atoms. The van der Waals surface area contributed by atoms with E-state index in [4.69, 9.17) is 4.74 Å². The molecule has 1 fully saturated rings. The summed E-state index contributed by atoms with van der Waals surface area (Å²) >= 11 is 0. The van der Waals surface area contributed by atoms with Crippen molar-refractivity contribution in [3.8, 4) is 5.88 Å². The molecule has 3 heterocycles. The Bertz CT molecular complexity index is 710. The summed E-state index contributed by atoms with van der Waals surface area (Å²) < 4.78 is 7.52. The average Bonchev–Trinajstić information content (AvgIpc) is 3.13. The maximum Gasteiger partial charge on any atom is 0.259 e. The second-order valence-electron chi connectivity index (χ2n) is 5.80. The largest absolute Gasteiger partial charge is 0.477 e. The van der Waals surface area contributed by atoms with E-state index in [-0.39, 0.29) is 11.9 Å². The number of nitrogens with zero attached hydrogens (tertiary/aromatic N) is 4. The summed E-state index contributed by atoms with van der Waals surface area (Å²) in [5, 5.41) is 0. The van der Waals surface area contributed by atoms with Gasteiger partial charge in [-0.25, -0.2) is 9.97 Å². The molecule has 3 rings (SSSR count). The minimum atomic E-state index is -0.0373. The Labute approximate surface area is 136 Å². The number of aromatic nitrogens is 3. The quantitative estimate of drug-likeness (QED) is 0.870. The first-order valence-electron chi connectivity index (χ1n) is 8.00. The minimum absolute atomic E-state index is 0.0101. The monoisotopic (exact) mass is 314 g/mol. The lowest BCUT2D eigenvalue weighted by Crippen LogP contribution is -2.32. The molecule has 0 bridgehead atoms. The topological polar surface area (TPSA) is 60.2 Å². The fraction of sp³-hybridized carbons (Fsp3) is 0.471. The zero-order valence-corrected chi connectivity index (χ0v) is 13.8. The van der Waals surface area contributed by atoms with Gasteiger partial charge in [-0.3, -0.25) is 4.79 Å². The van der Waals surface area contributed by atoms with E-state index >= 15 is 0 Å². The predicted octanol–water partition coefficient (Wildman–Crippen LogP) is 2.50. The van der Waals surface area contributed by atoms with Crippen molar-refractivity contribution in [2.75, 3.05) is 13.2 Å². The number of imidazole rings is 1. The lowest BCUT2D eigenvalue weighted by atomic mass is 10.1. The van der Waals surface area contributed by atoms with Gasteiger partial charge in [-0.2, -0.15) is 0 Å². The van der Waals surface area contributed by atoms with E-state index in [0.29, 0.717) is 18.1 Å². The number of amides is 1. The molecule has 0 N–H and O–H groups in total. The molecular weight excluding hydrogens is 292 g/mol. The van der Waals surface area contributed by atoms with E-state index in [0.717, 1.165) is 30.9 Å². The SMILES string of the molecule is CCOc1ncccc1C(=O)N1CCCC1c1nc(C)cn1C. The molecule has 2 aromatic rings. The molecule has 0 radical (unpaired) electrons. The van der Waals surface area contributed by atoms with Gasteiger partial charge in [-0.05, 0) is 38.8 Å². The van der Waals surface area contributed by atoms with E-state index in [9.17, 15) is 4.79 Å². The lowest BCUT2D eigenvalue weighted by molar-refractivity contribution is 0.0723. The van der Waals surface area contributed by atoms with Crippen LogP contribution in [0.2, 0.25) is 0 Å². The number of aryl methyl sites for hydroxylation is 2. The second-order valence-corrected chi connectivity index (χ2v) is 5.80.